The average Bonchev–Trinajstić information content (AvgIpc) is 2.38. The van der Waals surface area contributed by atoms with Crippen LogP contribution in [0.4, 0.5) is 0 Å². The van der Waals surface area contributed by atoms with Crippen molar-refractivity contribution in [3.63, 3.8) is 0 Å². The molecule has 1 atom stereocenters. The van der Waals surface area contributed by atoms with Crippen LogP contribution in [0.15, 0.2) is 48.0 Å². The minimum absolute atomic E-state index is 0.524. The monoisotopic (exact) mass is 256 g/mol. The van der Waals surface area contributed by atoms with E-state index in [-0.39, 0.29) is 0 Å². The molecule has 0 spiro atoms. The maximum absolute atomic E-state index is 9.88. The van der Waals surface area contributed by atoms with Gasteiger partial charge in [-0.15, -0.1) is 0 Å². The second-order valence-corrected chi connectivity index (χ2v) is 4.97. The summed E-state index contributed by atoms with van der Waals surface area (Å²) >= 11 is 0. The zero-order chi connectivity index (χ0) is 13.8. The molecule has 2 rings (SSSR count). The fourth-order valence-corrected chi connectivity index (χ4v) is 2.04. The van der Waals surface area contributed by atoms with Gasteiger partial charge in [0.1, 0.15) is 12.4 Å². The van der Waals surface area contributed by atoms with Crippen LogP contribution in [-0.2, 0) is 0 Å². The van der Waals surface area contributed by atoms with Crippen LogP contribution in [0, 0.1) is 0 Å². The van der Waals surface area contributed by atoms with E-state index in [0.717, 1.165) is 22.1 Å². The summed E-state index contributed by atoms with van der Waals surface area (Å²) in [5, 5.41) is 12.0. The van der Waals surface area contributed by atoms with E-state index in [1.54, 1.807) is 6.92 Å². The lowest BCUT2D eigenvalue weighted by atomic mass is 10.0. The van der Waals surface area contributed by atoms with Gasteiger partial charge < -0.3 is 9.84 Å². The maximum atomic E-state index is 9.88. The molecule has 0 heterocycles. The highest BCUT2D eigenvalue weighted by atomic mass is 16.5. The molecule has 0 aliphatic heterocycles. The molecule has 19 heavy (non-hydrogen) atoms. The van der Waals surface area contributed by atoms with E-state index in [1.807, 2.05) is 50.3 Å². The van der Waals surface area contributed by atoms with Gasteiger partial charge in [-0.05, 0) is 32.2 Å². The van der Waals surface area contributed by atoms with Crippen molar-refractivity contribution >= 4 is 10.8 Å². The number of fused-ring (bicyclic) bond motifs is 1. The van der Waals surface area contributed by atoms with E-state index < -0.39 is 6.10 Å². The average molecular weight is 256 g/mol. The SMILES string of the molecule is CC(C)=CCOc1c([C@H](C)O)ccc2ccccc12. The third kappa shape index (κ3) is 3.15. The number of benzene rings is 2. The van der Waals surface area contributed by atoms with Gasteiger partial charge in [-0.3, -0.25) is 0 Å². The number of rotatable bonds is 4. The van der Waals surface area contributed by atoms with Crippen molar-refractivity contribution in [2.45, 2.75) is 26.9 Å². The highest BCUT2D eigenvalue weighted by Gasteiger charge is 2.12. The summed E-state index contributed by atoms with van der Waals surface area (Å²) in [7, 11) is 0. The lowest BCUT2D eigenvalue weighted by Gasteiger charge is -2.15. The van der Waals surface area contributed by atoms with Crippen LogP contribution in [0.5, 0.6) is 5.75 Å². The minimum atomic E-state index is -0.536. The fourth-order valence-electron chi connectivity index (χ4n) is 2.04. The van der Waals surface area contributed by atoms with Crippen LogP contribution in [0.1, 0.15) is 32.4 Å². The van der Waals surface area contributed by atoms with Gasteiger partial charge in [0.15, 0.2) is 0 Å². The van der Waals surface area contributed by atoms with Crippen LogP contribution >= 0.6 is 0 Å². The normalized spacial score (nSPS) is 12.2. The Morgan fingerprint density at radius 1 is 1.21 bits per heavy atom. The number of aliphatic hydroxyl groups excluding tert-OH is 1. The van der Waals surface area contributed by atoms with Crippen molar-refractivity contribution in [1.29, 1.82) is 0 Å². The highest BCUT2D eigenvalue weighted by molar-refractivity contribution is 5.89. The molecule has 2 aromatic rings. The Kier molecular flexibility index (Phi) is 4.23. The van der Waals surface area contributed by atoms with Crippen LogP contribution in [-0.4, -0.2) is 11.7 Å². The molecule has 0 saturated heterocycles. The van der Waals surface area contributed by atoms with Gasteiger partial charge in [0.25, 0.3) is 0 Å². The zero-order valence-electron chi connectivity index (χ0n) is 11.7. The number of aliphatic hydroxyl groups is 1. The van der Waals surface area contributed by atoms with Gasteiger partial charge in [-0.2, -0.15) is 0 Å². The van der Waals surface area contributed by atoms with Gasteiger partial charge >= 0.3 is 0 Å². The van der Waals surface area contributed by atoms with Crippen LogP contribution < -0.4 is 4.74 Å². The second kappa shape index (κ2) is 5.89. The van der Waals surface area contributed by atoms with Gasteiger partial charge in [-0.25, -0.2) is 0 Å². The molecule has 2 nitrogen and oxygen atoms in total. The molecule has 0 aromatic heterocycles. The molecule has 2 aromatic carbocycles. The van der Waals surface area contributed by atoms with Crippen molar-refractivity contribution in [3.05, 3.63) is 53.6 Å². The van der Waals surface area contributed by atoms with E-state index in [2.05, 4.69) is 6.07 Å². The summed E-state index contributed by atoms with van der Waals surface area (Å²) in [4.78, 5) is 0. The summed E-state index contributed by atoms with van der Waals surface area (Å²) in [6, 6.07) is 12.0. The van der Waals surface area contributed by atoms with Gasteiger partial charge in [0, 0.05) is 10.9 Å². The lowest BCUT2D eigenvalue weighted by molar-refractivity contribution is 0.193. The number of hydrogen-bond donors (Lipinski definition) is 1. The Labute approximate surface area is 114 Å². The number of ether oxygens (including phenoxy) is 1. The van der Waals surface area contributed by atoms with E-state index >= 15 is 0 Å². The predicted octanol–water partition coefficient (Wildman–Crippen LogP) is 4.24. The molecule has 2 heteroatoms. The van der Waals surface area contributed by atoms with Crippen LogP contribution in [0.25, 0.3) is 10.8 Å². The minimum Gasteiger partial charge on any atom is -0.488 e. The Hall–Kier alpha value is -1.80. The zero-order valence-corrected chi connectivity index (χ0v) is 11.7. The van der Waals surface area contributed by atoms with E-state index in [4.69, 9.17) is 4.74 Å². The van der Waals surface area contributed by atoms with Crippen molar-refractivity contribution in [3.8, 4) is 5.75 Å². The summed E-state index contributed by atoms with van der Waals surface area (Å²) in [5.74, 6) is 0.783. The molecule has 100 valence electrons. The first-order valence-corrected chi connectivity index (χ1v) is 6.55. The largest absolute Gasteiger partial charge is 0.488 e. The van der Waals surface area contributed by atoms with E-state index in [9.17, 15) is 5.11 Å². The van der Waals surface area contributed by atoms with Gasteiger partial charge in [0.05, 0.1) is 6.10 Å². The fraction of sp³-hybridized carbons (Fsp3) is 0.294. The van der Waals surface area contributed by atoms with Gasteiger partial charge in [-0.1, -0.05) is 42.0 Å². The molecule has 0 saturated carbocycles. The first-order chi connectivity index (χ1) is 9.09. The maximum Gasteiger partial charge on any atom is 0.133 e. The van der Waals surface area contributed by atoms with Crippen LogP contribution in [0.3, 0.4) is 0 Å². The summed E-state index contributed by atoms with van der Waals surface area (Å²) in [5.41, 5.74) is 2.06. The smallest absolute Gasteiger partial charge is 0.133 e. The second-order valence-electron chi connectivity index (χ2n) is 4.97. The Morgan fingerprint density at radius 2 is 1.95 bits per heavy atom. The number of allylic oxidation sites excluding steroid dienone is 1. The van der Waals surface area contributed by atoms with E-state index in [1.165, 1.54) is 5.57 Å². The molecule has 0 aliphatic rings. The Morgan fingerprint density at radius 3 is 2.63 bits per heavy atom. The van der Waals surface area contributed by atoms with Gasteiger partial charge in [0.2, 0.25) is 0 Å². The Bertz CT molecular complexity index is 593. The molecule has 0 radical (unpaired) electrons. The lowest BCUT2D eigenvalue weighted by Crippen LogP contribution is -2.01. The quantitative estimate of drug-likeness (QED) is 0.829. The van der Waals surface area contributed by atoms with Crippen LogP contribution in [0.2, 0.25) is 0 Å². The van der Waals surface area contributed by atoms with Crippen molar-refractivity contribution in [2.75, 3.05) is 6.61 Å². The van der Waals surface area contributed by atoms with E-state index in [0.29, 0.717) is 6.61 Å². The molecule has 0 bridgehead atoms. The third-order valence-corrected chi connectivity index (χ3v) is 3.08. The van der Waals surface area contributed by atoms with Crippen molar-refractivity contribution in [2.24, 2.45) is 0 Å². The summed E-state index contributed by atoms with van der Waals surface area (Å²) in [6.07, 6.45) is 1.50. The molecule has 0 aliphatic carbocycles. The number of hydrogen-bond acceptors (Lipinski definition) is 2. The summed E-state index contributed by atoms with van der Waals surface area (Å²) in [6.45, 7) is 6.37. The predicted molar refractivity (Wildman–Crippen MR) is 79.5 cm³/mol. The van der Waals surface area contributed by atoms with Crippen molar-refractivity contribution in [1.82, 2.24) is 0 Å². The van der Waals surface area contributed by atoms with Crippen molar-refractivity contribution < 1.29 is 9.84 Å². The molecule has 0 unspecified atom stereocenters. The first kappa shape index (κ1) is 13.6. The third-order valence-electron chi connectivity index (χ3n) is 3.08. The standard InChI is InChI=1S/C17H20O2/c1-12(2)10-11-19-17-15(13(3)18)9-8-14-6-4-5-7-16(14)17/h4-10,13,18H,11H2,1-3H3/t13-/m0/s1. The summed E-state index contributed by atoms with van der Waals surface area (Å²) < 4.78 is 5.89. The molecular formula is C17H20O2. The molecular weight excluding hydrogens is 236 g/mol. The molecule has 0 fully saturated rings. The Balaban J connectivity index is 2.46. The highest BCUT2D eigenvalue weighted by Crippen LogP contribution is 2.33. The molecule has 1 N–H and O–H groups in total. The molecule has 0 amide bonds. The topological polar surface area (TPSA) is 29.5 Å². The first-order valence-electron chi connectivity index (χ1n) is 6.55.